The van der Waals surface area contributed by atoms with Gasteiger partial charge in [-0.15, -0.1) is 0 Å². The second-order valence-electron chi connectivity index (χ2n) is 3.75. The largest absolute Gasteiger partial charge is 0.468 e. The number of para-hydroxylation sites is 1. The van der Waals surface area contributed by atoms with Crippen molar-refractivity contribution < 1.29 is 18.7 Å². The molecule has 0 aliphatic carbocycles. The molecule has 0 saturated heterocycles. The Hall–Kier alpha value is -2.10. The van der Waals surface area contributed by atoms with Gasteiger partial charge in [0.25, 0.3) is 0 Å². The number of ether oxygens (including phenoxy) is 1. The van der Waals surface area contributed by atoms with Crippen molar-refractivity contribution in [1.29, 1.82) is 0 Å². The standard InChI is InChI=1S/C13H12O4/c1-8(14)12(13(15)16-2)10-7-17-11-6-4-3-5-9(10)11/h3-7,12H,1-2H3. The number of hydrogen-bond donors (Lipinski definition) is 0. The molecule has 1 aromatic carbocycles. The molecule has 4 heteroatoms. The lowest BCUT2D eigenvalue weighted by atomic mass is 9.95. The van der Waals surface area contributed by atoms with E-state index in [0.29, 0.717) is 11.1 Å². The van der Waals surface area contributed by atoms with E-state index in [1.807, 2.05) is 18.2 Å². The highest BCUT2D eigenvalue weighted by Gasteiger charge is 2.29. The maximum Gasteiger partial charge on any atom is 0.320 e. The van der Waals surface area contributed by atoms with Gasteiger partial charge < -0.3 is 9.15 Å². The highest BCUT2D eigenvalue weighted by Crippen LogP contribution is 2.29. The zero-order valence-corrected chi connectivity index (χ0v) is 9.60. The van der Waals surface area contributed by atoms with Crippen LogP contribution < -0.4 is 0 Å². The molecule has 17 heavy (non-hydrogen) atoms. The normalized spacial score (nSPS) is 12.4. The molecule has 0 radical (unpaired) electrons. The van der Waals surface area contributed by atoms with Gasteiger partial charge in [0.1, 0.15) is 17.3 Å². The van der Waals surface area contributed by atoms with Gasteiger partial charge in [-0.25, -0.2) is 0 Å². The monoisotopic (exact) mass is 232 g/mol. The Morgan fingerprint density at radius 2 is 2.00 bits per heavy atom. The number of methoxy groups -OCH3 is 1. The van der Waals surface area contributed by atoms with Crippen LogP contribution in [-0.4, -0.2) is 18.9 Å². The number of fused-ring (bicyclic) bond motifs is 1. The maximum atomic E-state index is 11.6. The highest BCUT2D eigenvalue weighted by molar-refractivity contribution is 6.06. The summed E-state index contributed by atoms with van der Waals surface area (Å²) < 4.78 is 9.96. The minimum Gasteiger partial charge on any atom is -0.468 e. The van der Waals surface area contributed by atoms with E-state index < -0.39 is 11.9 Å². The van der Waals surface area contributed by atoms with Crippen LogP contribution in [0, 0.1) is 0 Å². The van der Waals surface area contributed by atoms with E-state index in [4.69, 9.17) is 4.42 Å². The van der Waals surface area contributed by atoms with Gasteiger partial charge in [0, 0.05) is 10.9 Å². The van der Waals surface area contributed by atoms with Crippen LogP contribution >= 0.6 is 0 Å². The Morgan fingerprint density at radius 3 is 2.65 bits per heavy atom. The SMILES string of the molecule is COC(=O)C(C(C)=O)c1coc2ccccc12. The number of Topliss-reactive ketones (excluding diaryl/α,β-unsaturated/α-hetero) is 1. The fraction of sp³-hybridized carbons (Fsp3) is 0.231. The lowest BCUT2D eigenvalue weighted by Crippen LogP contribution is -2.20. The number of rotatable bonds is 3. The summed E-state index contributed by atoms with van der Waals surface area (Å²) in [6, 6.07) is 7.26. The second kappa shape index (κ2) is 4.41. The summed E-state index contributed by atoms with van der Waals surface area (Å²) in [7, 11) is 1.26. The fourth-order valence-electron chi connectivity index (χ4n) is 1.85. The van der Waals surface area contributed by atoms with E-state index in [9.17, 15) is 9.59 Å². The molecule has 88 valence electrons. The lowest BCUT2D eigenvalue weighted by molar-refractivity contribution is -0.145. The molecule has 1 aromatic heterocycles. The first-order chi connectivity index (χ1) is 8.15. The third-order valence-electron chi connectivity index (χ3n) is 2.67. The van der Waals surface area contributed by atoms with E-state index in [0.717, 1.165) is 5.39 Å². The average Bonchev–Trinajstić information content (AvgIpc) is 2.73. The van der Waals surface area contributed by atoms with E-state index in [2.05, 4.69) is 4.74 Å². The second-order valence-corrected chi connectivity index (χ2v) is 3.75. The van der Waals surface area contributed by atoms with Gasteiger partial charge in [-0.1, -0.05) is 18.2 Å². The van der Waals surface area contributed by atoms with Crippen molar-refractivity contribution in [2.75, 3.05) is 7.11 Å². The van der Waals surface area contributed by atoms with Crippen LogP contribution in [-0.2, 0) is 14.3 Å². The summed E-state index contributed by atoms with van der Waals surface area (Å²) in [6.45, 7) is 1.36. The van der Waals surface area contributed by atoms with Crippen molar-refractivity contribution >= 4 is 22.7 Å². The van der Waals surface area contributed by atoms with Crippen LogP contribution in [0.5, 0.6) is 0 Å². The molecule has 4 nitrogen and oxygen atoms in total. The van der Waals surface area contributed by atoms with E-state index >= 15 is 0 Å². The molecule has 0 aliphatic rings. The van der Waals surface area contributed by atoms with E-state index in [1.165, 1.54) is 20.3 Å². The summed E-state index contributed by atoms with van der Waals surface area (Å²) >= 11 is 0. The molecule has 0 fully saturated rings. The molecule has 0 aliphatic heterocycles. The maximum absolute atomic E-state index is 11.6. The molecule has 2 aromatic rings. The predicted molar refractivity (Wildman–Crippen MR) is 61.7 cm³/mol. The topological polar surface area (TPSA) is 56.5 Å². The zero-order valence-electron chi connectivity index (χ0n) is 9.60. The van der Waals surface area contributed by atoms with Crippen LogP contribution in [0.4, 0.5) is 0 Å². The van der Waals surface area contributed by atoms with Crippen LogP contribution in [0.3, 0.4) is 0 Å². The Balaban J connectivity index is 2.57. The number of esters is 1. The van der Waals surface area contributed by atoms with Crippen molar-refractivity contribution in [3.05, 3.63) is 36.1 Å². The molecular weight excluding hydrogens is 220 g/mol. The summed E-state index contributed by atoms with van der Waals surface area (Å²) in [4.78, 5) is 23.2. The number of benzene rings is 1. The van der Waals surface area contributed by atoms with Gasteiger partial charge in [-0.05, 0) is 13.0 Å². The van der Waals surface area contributed by atoms with Gasteiger partial charge in [0.15, 0.2) is 0 Å². The minimum absolute atomic E-state index is 0.261. The van der Waals surface area contributed by atoms with Crippen molar-refractivity contribution in [2.24, 2.45) is 0 Å². The van der Waals surface area contributed by atoms with Crippen LogP contribution in [0.2, 0.25) is 0 Å². The third-order valence-corrected chi connectivity index (χ3v) is 2.67. The molecule has 1 unspecified atom stereocenters. The summed E-state index contributed by atoms with van der Waals surface area (Å²) in [5.74, 6) is -1.74. The summed E-state index contributed by atoms with van der Waals surface area (Å²) in [5, 5.41) is 0.762. The Morgan fingerprint density at radius 1 is 1.29 bits per heavy atom. The van der Waals surface area contributed by atoms with Crippen LogP contribution in [0.1, 0.15) is 18.4 Å². The molecular formula is C13H12O4. The van der Waals surface area contributed by atoms with Gasteiger partial charge in [0.05, 0.1) is 13.4 Å². The van der Waals surface area contributed by atoms with Gasteiger partial charge in [-0.2, -0.15) is 0 Å². The quantitative estimate of drug-likeness (QED) is 0.601. The van der Waals surface area contributed by atoms with Gasteiger partial charge in [0.2, 0.25) is 0 Å². The van der Waals surface area contributed by atoms with E-state index in [1.54, 1.807) is 6.07 Å². The lowest BCUT2D eigenvalue weighted by Gasteiger charge is -2.09. The van der Waals surface area contributed by atoms with Crippen molar-refractivity contribution in [2.45, 2.75) is 12.8 Å². The molecule has 2 rings (SSSR count). The van der Waals surface area contributed by atoms with Gasteiger partial charge >= 0.3 is 5.97 Å². The predicted octanol–water partition coefficient (Wildman–Crippen LogP) is 2.28. The van der Waals surface area contributed by atoms with Crippen molar-refractivity contribution in [3.8, 4) is 0 Å². The molecule has 0 N–H and O–H groups in total. The number of carbonyl (C=O) groups is 2. The number of ketones is 1. The first-order valence-electron chi connectivity index (χ1n) is 5.19. The molecule has 0 spiro atoms. The average molecular weight is 232 g/mol. The molecule has 0 saturated carbocycles. The Labute approximate surface area is 98.2 Å². The third kappa shape index (κ3) is 1.93. The number of carbonyl (C=O) groups excluding carboxylic acids is 2. The molecule has 1 heterocycles. The first kappa shape index (κ1) is 11.4. The number of hydrogen-bond acceptors (Lipinski definition) is 4. The van der Waals surface area contributed by atoms with Crippen molar-refractivity contribution in [3.63, 3.8) is 0 Å². The molecule has 0 bridgehead atoms. The Bertz CT molecular complexity index is 568. The molecule has 0 amide bonds. The fourth-order valence-corrected chi connectivity index (χ4v) is 1.85. The first-order valence-corrected chi connectivity index (χ1v) is 5.19. The van der Waals surface area contributed by atoms with Crippen LogP contribution in [0.15, 0.2) is 34.9 Å². The minimum atomic E-state index is -0.913. The van der Waals surface area contributed by atoms with Gasteiger partial charge in [-0.3, -0.25) is 9.59 Å². The highest BCUT2D eigenvalue weighted by atomic mass is 16.5. The van der Waals surface area contributed by atoms with Crippen molar-refractivity contribution in [1.82, 2.24) is 0 Å². The number of furan rings is 1. The molecule has 1 atom stereocenters. The van der Waals surface area contributed by atoms with E-state index in [-0.39, 0.29) is 5.78 Å². The smallest absolute Gasteiger partial charge is 0.320 e. The summed E-state index contributed by atoms with van der Waals surface area (Å²) in [6.07, 6.45) is 1.44. The Kier molecular flexibility index (Phi) is 2.95. The van der Waals surface area contributed by atoms with Crippen LogP contribution in [0.25, 0.3) is 11.0 Å². The zero-order chi connectivity index (χ0) is 12.4. The summed E-state index contributed by atoms with van der Waals surface area (Å²) in [5.41, 5.74) is 1.21.